The maximum atomic E-state index is 14.3. The average molecular weight is 732 g/mol. The zero-order valence-corrected chi connectivity index (χ0v) is 30.0. The number of fused-ring (bicyclic) bond motifs is 3. The van der Waals surface area contributed by atoms with Crippen molar-refractivity contribution in [2.75, 3.05) is 13.2 Å². The molecule has 1 aromatic heterocycles. The van der Waals surface area contributed by atoms with Gasteiger partial charge in [-0.15, -0.1) is 6.58 Å². The van der Waals surface area contributed by atoms with Gasteiger partial charge in [0.1, 0.15) is 23.7 Å². The summed E-state index contributed by atoms with van der Waals surface area (Å²) in [7, 11) is -4.24. The lowest BCUT2D eigenvalue weighted by atomic mass is 10.0. The molecule has 3 N–H and O–H groups in total. The SMILES string of the molecule is C=CC1C[C@]1(NC(=O)[C@@H]1C[C@@H]2CN1C(=O)[C@H](CCCC)NC(=O)OCCCCCc1ccc3ccnc(c3c1)O2)C(=O)NS(=O)(=O)c1ccccc1. The molecule has 3 aromatic rings. The van der Waals surface area contributed by atoms with Gasteiger partial charge in [0.25, 0.3) is 15.9 Å². The van der Waals surface area contributed by atoms with Crippen LogP contribution in [0.25, 0.3) is 10.8 Å². The predicted octanol–water partition coefficient (Wildman–Crippen LogP) is 4.16. The Morgan fingerprint density at radius 3 is 2.67 bits per heavy atom. The molecule has 14 heteroatoms. The number of sulfonamides is 1. The maximum absolute atomic E-state index is 14.3. The molecular weight excluding hydrogens is 687 g/mol. The summed E-state index contributed by atoms with van der Waals surface area (Å²) in [4.78, 5) is 60.9. The molecular formula is C38H45N5O8S. The van der Waals surface area contributed by atoms with Gasteiger partial charge in [-0.2, -0.15) is 0 Å². The van der Waals surface area contributed by atoms with E-state index in [1.165, 1.54) is 35.2 Å². The zero-order chi connectivity index (χ0) is 36.9. The molecule has 1 saturated carbocycles. The highest BCUT2D eigenvalue weighted by Crippen LogP contribution is 2.45. The van der Waals surface area contributed by atoms with Crippen LogP contribution in [0.2, 0.25) is 0 Å². The molecule has 1 unspecified atom stereocenters. The Hall–Kier alpha value is -4.98. The summed E-state index contributed by atoms with van der Waals surface area (Å²) in [5.74, 6) is -2.24. The molecule has 6 rings (SSSR count). The number of aromatic nitrogens is 1. The van der Waals surface area contributed by atoms with Gasteiger partial charge in [0.2, 0.25) is 17.7 Å². The summed E-state index contributed by atoms with van der Waals surface area (Å²) in [6.07, 6.45) is 6.85. The van der Waals surface area contributed by atoms with E-state index >= 15 is 0 Å². The zero-order valence-electron chi connectivity index (χ0n) is 29.2. The molecule has 0 radical (unpaired) electrons. The molecule has 2 fully saturated rings. The van der Waals surface area contributed by atoms with E-state index in [1.807, 2.05) is 25.1 Å². The molecule has 1 saturated heterocycles. The van der Waals surface area contributed by atoms with E-state index in [1.54, 1.807) is 12.3 Å². The summed E-state index contributed by atoms with van der Waals surface area (Å²) in [5.41, 5.74) is -0.499. The second-order valence-corrected chi connectivity index (χ2v) is 15.4. The van der Waals surface area contributed by atoms with Crippen LogP contribution in [0.4, 0.5) is 4.79 Å². The minimum absolute atomic E-state index is 0.000497. The van der Waals surface area contributed by atoms with E-state index in [0.29, 0.717) is 25.1 Å². The molecule has 4 bridgehead atoms. The quantitative estimate of drug-likeness (QED) is 0.273. The van der Waals surface area contributed by atoms with Gasteiger partial charge < -0.3 is 25.0 Å². The molecule has 1 aliphatic carbocycles. The van der Waals surface area contributed by atoms with Gasteiger partial charge in [-0.1, -0.05) is 56.2 Å². The number of pyridine rings is 1. The van der Waals surface area contributed by atoms with E-state index < -0.39 is 63.5 Å². The van der Waals surface area contributed by atoms with Crippen molar-refractivity contribution in [2.45, 2.75) is 93.3 Å². The molecule has 3 heterocycles. The van der Waals surface area contributed by atoms with Crippen molar-refractivity contribution in [3.8, 4) is 5.88 Å². The Bertz CT molecular complexity index is 1940. The second kappa shape index (κ2) is 15.7. The second-order valence-electron chi connectivity index (χ2n) is 13.7. The first-order chi connectivity index (χ1) is 25.0. The standard InChI is InChI=1S/C38H45N5O8S/c1-3-5-15-31-35(45)43-24-28(51-34-30-21-25(16-17-26(30)18-19-39-34)12-8-7-11-20-50-37(47)40-31)22-32(43)33(44)41-38(23-27(38)4-2)36(46)42-52(48,49)29-13-9-6-10-14-29/h4,6,9-10,13-14,16-19,21,27-28,31-32H,2-3,5,7-8,11-12,15,20,22-24H2,1H3,(H,40,47)(H,41,44)(H,42,46)/t27?,28-,31+,32+,38-/m1/s1. The maximum Gasteiger partial charge on any atom is 0.407 e. The largest absolute Gasteiger partial charge is 0.472 e. The van der Waals surface area contributed by atoms with Crippen LogP contribution < -0.4 is 20.1 Å². The first-order valence-electron chi connectivity index (χ1n) is 17.9. The number of hydrogen-bond donors (Lipinski definition) is 3. The lowest BCUT2D eigenvalue weighted by Gasteiger charge is -2.29. The average Bonchev–Trinajstić information content (AvgIpc) is 3.70. The molecule has 13 nitrogen and oxygen atoms in total. The summed E-state index contributed by atoms with van der Waals surface area (Å²) >= 11 is 0. The first kappa shape index (κ1) is 36.8. The Morgan fingerprint density at radius 2 is 1.92 bits per heavy atom. The number of aryl methyl sites for hydroxylation is 1. The van der Waals surface area contributed by atoms with Gasteiger partial charge in [-0.25, -0.2) is 22.9 Å². The van der Waals surface area contributed by atoms with Crippen LogP contribution >= 0.6 is 0 Å². The van der Waals surface area contributed by atoms with E-state index in [-0.39, 0.29) is 30.9 Å². The summed E-state index contributed by atoms with van der Waals surface area (Å²) < 4.78 is 40.2. The first-order valence-corrected chi connectivity index (χ1v) is 19.4. The number of carbonyl (C=O) groups is 4. The molecule has 2 aliphatic heterocycles. The van der Waals surface area contributed by atoms with Gasteiger partial charge in [0.05, 0.1) is 18.0 Å². The van der Waals surface area contributed by atoms with Crippen molar-refractivity contribution in [2.24, 2.45) is 5.92 Å². The van der Waals surface area contributed by atoms with E-state index in [0.717, 1.165) is 42.0 Å². The smallest absolute Gasteiger partial charge is 0.407 e. The normalized spacial score (nSPS) is 25.2. The van der Waals surface area contributed by atoms with Crippen molar-refractivity contribution in [1.82, 2.24) is 25.2 Å². The molecule has 3 aliphatic rings. The Kier molecular flexibility index (Phi) is 11.1. The topological polar surface area (TPSA) is 173 Å². The van der Waals surface area contributed by atoms with E-state index in [2.05, 4.69) is 33.0 Å². The molecule has 5 atom stereocenters. The third kappa shape index (κ3) is 8.06. The van der Waals surface area contributed by atoms with Crippen molar-refractivity contribution in [3.63, 3.8) is 0 Å². The van der Waals surface area contributed by atoms with Crippen molar-refractivity contribution < 1.29 is 37.1 Å². The highest BCUT2D eigenvalue weighted by atomic mass is 32.2. The number of rotatable bonds is 9. The lowest BCUT2D eigenvalue weighted by molar-refractivity contribution is -0.141. The summed E-state index contributed by atoms with van der Waals surface area (Å²) in [5, 5.41) is 7.26. The monoisotopic (exact) mass is 731 g/mol. The van der Waals surface area contributed by atoms with Crippen molar-refractivity contribution in [1.29, 1.82) is 0 Å². The fraction of sp³-hybridized carbons (Fsp3) is 0.447. The number of unbranched alkanes of at least 4 members (excludes halogenated alkanes) is 1. The van der Waals surface area contributed by atoms with Crippen LogP contribution in [0.15, 0.2) is 78.3 Å². The lowest BCUT2D eigenvalue weighted by Crippen LogP contribution is -2.58. The minimum Gasteiger partial charge on any atom is -0.472 e. The molecule has 0 spiro atoms. The molecule has 2 aromatic carbocycles. The predicted molar refractivity (Wildman–Crippen MR) is 193 cm³/mol. The van der Waals surface area contributed by atoms with Crippen LogP contribution in [0.3, 0.4) is 0 Å². The number of nitrogens with one attached hydrogen (secondary N) is 3. The Labute approximate surface area is 303 Å². The third-order valence-corrected chi connectivity index (χ3v) is 11.4. The van der Waals surface area contributed by atoms with Crippen LogP contribution in [0.1, 0.15) is 63.9 Å². The summed E-state index contributed by atoms with van der Waals surface area (Å²) in [6.45, 7) is 5.95. The van der Waals surface area contributed by atoms with Crippen LogP contribution in [0, 0.1) is 5.92 Å². The number of carbonyl (C=O) groups excluding carboxylic acids is 4. The fourth-order valence-electron chi connectivity index (χ4n) is 7.00. The van der Waals surface area contributed by atoms with Crippen molar-refractivity contribution in [3.05, 3.63) is 79.0 Å². The number of alkyl carbamates (subject to hydrolysis) is 1. The Balaban J connectivity index is 1.30. The molecule has 276 valence electrons. The van der Waals surface area contributed by atoms with E-state index in [9.17, 15) is 27.6 Å². The van der Waals surface area contributed by atoms with Gasteiger partial charge in [-0.3, -0.25) is 14.4 Å². The van der Waals surface area contributed by atoms with Gasteiger partial charge in [0.15, 0.2) is 0 Å². The minimum atomic E-state index is -4.24. The van der Waals surface area contributed by atoms with E-state index in [4.69, 9.17) is 9.47 Å². The third-order valence-electron chi connectivity index (χ3n) is 10.0. The number of hydrogen-bond acceptors (Lipinski definition) is 9. The highest BCUT2D eigenvalue weighted by Gasteiger charge is 2.61. The van der Waals surface area contributed by atoms with Crippen molar-refractivity contribution >= 4 is 44.6 Å². The van der Waals surface area contributed by atoms with Gasteiger partial charge in [0, 0.05) is 23.9 Å². The summed E-state index contributed by atoms with van der Waals surface area (Å²) in [6, 6.07) is 13.4. The highest BCUT2D eigenvalue weighted by molar-refractivity contribution is 7.90. The molecule has 4 amide bonds. The van der Waals surface area contributed by atoms with Crippen LogP contribution in [0.5, 0.6) is 5.88 Å². The number of ether oxygens (including phenoxy) is 2. The fourth-order valence-corrected chi connectivity index (χ4v) is 8.06. The number of benzene rings is 2. The van der Waals surface area contributed by atoms with Crippen LogP contribution in [-0.2, 0) is 35.6 Å². The number of amides is 4. The van der Waals surface area contributed by atoms with Gasteiger partial charge >= 0.3 is 6.09 Å². The van der Waals surface area contributed by atoms with Gasteiger partial charge in [-0.05, 0) is 73.7 Å². The Morgan fingerprint density at radius 1 is 1.12 bits per heavy atom. The van der Waals surface area contributed by atoms with Crippen LogP contribution in [-0.4, -0.2) is 79.0 Å². The number of cyclic esters (lactones) is 1. The number of nitrogens with zero attached hydrogens (tertiary/aromatic N) is 2. The molecule has 52 heavy (non-hydrogen) atoms.